The molecule has 0 bridgehead atoms. The standard InChI is InChI=1S/C28H28N6O/c1-19(13-20-7-6-8-21(14-20)17-35)32-28-29-12-11-26(33-28)34(2)23-15-24(22-9-4-3-5-10-22)27-25(16-23)30-18-31-27/h3-12,14-16,18-19,35H,13,17H2,1-2H3,(H,30,31)(H,29,32,33). The highest BCUT2D eigenvalue weighted by Gasteiger charge is 2.14. The molecular weight excluding hydrogens is 436 g/mol. The molecule has 0 saturated heterocycles. The lowest BCUT2D eigenvalue weighted by atomic mass is 10.0. The summed E-state index contributed by atoms with van der Waals surface area (Å²) in [5.74, 6) is 1.36. The number of aliphatic hydroxyl groups is 1. The molecule has 1 unspecified atom stereocenters. The number of hydrogen-bond acceptors (Lipinski definition) is 6. The van der Waals surface area contributed by atoms with Crippen LogP contribution in [0.5, 0.6) is 0 Å². The maximum absolute atomic E-state index is 9.39. The van der Waals surface area contributed by atoms with Crippen LogP contribution in [0, 0.1) is 0 Å². The van der Waals surface area contributed by atoms with Gasteiger partial charge in [0, 0.05) is 30.5 Å². The maximum atomic E-state index is 9.39. The first-order chi connectivity index (χ1) is 17.1. The lowest BCUT2D eigenvalue weighted by Crippen LogP contribution is -2.21. The number of aromatic nitrogens is 4. The molecule has 0 aliphatic rings. The molecule has 5 aromatic rings. The van der Waals surface area contributed by atoms with Gasteiger partial charge in [-0.3, -0.25) is 0 Å². The fourth-order valence-electron chi connectivity index (χ4n) is 4.28. The van der Waals surface area contributed by atoms with Crippen molar-refractivity contribution in [2.24, 2.45) is 0 Å². The van der Waals surface area contributed by atoms with Gasteiger partial charge in [-0.2, -0.15) is 4.98 Å². The minimum absolute atomic E-state index is 0.0451. The van der Waals surface area contributed by atoms with Gasteiger partial charge in [-0.25, -0.2) is 9.97 Å². The number of rotatable bonds is 8. The lowest BCUT2D eigenvalue weighted by Gasteiger charge is -2.21. The highest BCUT2D eigenvalue weighted by Crippen LogP contribution is 2.33. The van der Waals surface area contributed by atoms with Crippen molar-refractivity contribution in [3.63, 3.8) is 0 Å². The molecule has 1 atom stereocenters. The second kappa shape index (κ2) is 9.95. The van der Waals surface area contributed by atoms with E-state index in [-0.39, 0.29) is 12.6 Å². The van der Waals surface area contributed by atoms with Gasteiger partial charge in [-0.05, 0) is 48.2 Å². The van der Waals surface area contributed by atoms with E-state index in [1.54, 1.807) is 12.5 Å². The van der Waals surface area contributed by atoms with E-state index in [1.165, 1.54) is 0 Å². The third kappa shape index (κ3) is 5.00. The third-order valence-electron chi connectivity index (χ3n) is 6.06. The fraction of sp³-hybridized carbons (Fsp3) is 0.179. The number of H-pyrrole nitrogens is 1. The van der Waals surface area contributed by atoms with Gasteiger partial charge in [-0.15, -0.1) is 0 Å². The summed E-state index contributed by atoms with van der Waals surface area (Å²) in [6.45, 7) is 2.15. The van der Waals surface area contributed by atoms with Crippen molar-refractivity contribution >= 4 is 28.5 Å². The van der Waals surface area contributed by atoms with E-state index in [9.17, 15) is 5.11 Å². The molecule has 7 heteroatoms. The van der Waals surface area contributed by atoms with Crippen molar-refractivity contribution < 1.29 is 5.11 Å². The minimum Gasteiger partial charge on any atom is -0.392 e. The van der Waals surface area contributed by atoms with E-state index in [0.29, 0.717) is 5.95 Å². The average molecular weight is 465 g/mol. The van der Waals surface area contributed by atoms with Crippen molar-refractivity contribution in [2.75, 3.05) is 17.3 Å². The number of hydrogen-bond donors (Lipinski definition) is 3. The van der Waals surface area contributed by atoms with Crippen LogP contribution < -0.4 is 10.2 Å². The van der Waals surface area contributed by atoms with E-state index >= 15 is 0 Å². The first-order valence-electron chi connectivity index (χ1n) is 11.7. The quantitative estimate of drug-likeness (QED) is 0.288. The number of imidazole rings is 1. The van der Waals surface area contributed by atoms with Crippen molar-refractivity contribution in [3.05, 3.63) is 96.4 Å². The average Bonchev–Trinajstić information content (AvgIpc) is 3.37. The topological polar surface area (TPSA) is 90.0 Å². The van der Waals surface area contributed by atoms with E-state index in [2.05, 4.69) is 62.4 Å². The van der Waals surface area contributed by atoms with Crippen LogP contribution in [-0.2, 0) is 13.0 Å². The van der Waals surface area contributed by atoms with Crippen molar-refractivity contribution in [1.29, 1.82) is 0 Å². The minimum atomic E-state index is 0.0451. The van der Waals surface area contributed by atoms with Crippen molar-refractivity contribution in [1.82, 2.24) is 19.9 Å². The van der Waals surface area contributed by atoms with E-state index < -0.39 is 0 Å². The van der Waals surface area contributed by atoms with Crippen LogP contribution >= 0.6 is 0 Å². The first-order valence-corrected chi connectivity index (χ1v) is 11.7. The van der Waals surface area contributed by atoms with Gasteiger partial charge >= 0.3 is 0 Å². The summed E-state index contributed by atoms with van der Waals surface area (Å²) >= 11 is 0. The van der Waals surface area contributed by atoms with Crippen molar-refractivity contribution in [3.8, 4) is 11.1 Å². The van der Waals surface area contributed by atoms with E-state index in [4.69, 9.17) is 4.98 Å². The Hall–Kier alpha value is -4.23. The molecule has 7 nitrogen and oxygen atoms in total. The molecule has 0 fully saturated rings. The van der Waals surface area contributed by atoms with Gasteiger partial charge in [-0.1, -0.05) is 54.6 Å². The lowest BCUT2D eigenvalue weighted by molar-refractivity contribution is 0.281. The van der Waals surface area contributed by atoms with Crippen LogP contribution in [0.15, 0.2) is 85.3 Å². The Morgan fingerprint density at radius 2 is 1.80 bits per heavy atom. The van der Waals surface area contributed by atoms with Crippen molar-refractivity contribution in [2.45, 2.75) is 26.0 Å². The largest absolute Gasteiger partial charge is 0.392 e. The van der Waals surface area contributed by atoms with Crippen LogP contribution in [0.1, 0.15) is 18.1 Å². The number of nitrogens with one attached hydrogen (secondary N) is 2. The molecular formula is C28H28N6O. The maximum Gasteiger partial charge on any atom is 0.224 e. The Balaban J connectivity index is 1.38. The van der Waals surface area contributed by atoms with Crippen LogP contribution in [-0.4, -0.2) is 38.1 Å². The Kier molecular flexibility index (Phi) is 6.41. The number of anilines is 3. The molecule has 2 aromatic heterocycles. The summed E-state index contributed by atoms with van der Waals surface area (Å²) in [6.07, 6.45) is 4.30. The molecule has 0 aliphatic carbocycles. The summed E-state index contributed by atoms with van der Waals surface area (Å²) in [5.41, 5.74) is 7.17. The molecule has 5 rings (SSSR count). The van der Waals surface area contributed by atoms with Crippen LogP contribution in [0.4, 0.5) is 17.5 Å². The molecule has 0 aliphatic heterocycles. The summed E-state index contributed by atoms with van der Waals surface area (Å²) in [7, 11) is 2.00. The molecule has 35 heavy (non-hydrogen) atoms. The Morgan fingerprint density at radius 1 is 0.971 bits per heavy atom. The first kappa shape index (κ1) is 22.6. The second-order valence-electron chi connectivity index (χ2n) is 8.68. The zero-order valence-electron chi connectivity index (χ0n) is 19.8. The number of aromatic amines is 1. The predicted molar refractivity (Wildman–Crippen MR) is 141 cm³/mol. The van der Waals surface area contributed by atoms with E-state index in [0.717, 1.165) is 51.2 Å². The van der Waals surface area contributed by atoms with Crippen LogP contribution in [0.3, 0.4) is 0 Å². The third-order valence-corrected chi connectivity index (χ3v) is 6.06. The summed E-state index contributed by atoms with van der Waals surface area (Å²) in [6, 6.07) is 24.5. The number of aliphatic hydroxyl groups excluding tert-OH is 1. The number of benzene rings is 3. The summed E-state index contributed by atoms with van der Waals surface area (Å²) < 4.78 is 0. The summed E-state index contributed by atoms with van der Waals surface area (Å²) in [5, 5.41) is 12.8. The van der Waals surface area contributed by atoms with Crippen LogP contribution in [0.25, 0.3) is 22.2 Å². The zero-order chi connectivity index (χ0) is 24.2. The number of fused-ring (bicyclic) bond motifs is 1. The molecule has 176 valence electrons. The Bertz CT molecular complexity index is 1430. The zero-order valence-corrected chi connectivity index (χ0v) is 19.8. The highest BCUT2D eigenvalue weighted by atomic mass is 16.3. The van der Waals surface area contributed by atoms with Crippen LogP contribution in [0.2, 0.25) is 0 Å². The number of nitrogens with zero attached hydrogens (tertiary/aromatic N) is 4. The normalized spacial score (nSPS) is 12.0. The van der Waals surface area contributed by atoms with Gasteiger partial charge in [0.25, 0.3) is 0 Å². The molecule has 0 radical (unpaired) electrons. The van der Waals surface area contributed by atoms with Gasteiger partial charge in [0.2, 0.25) is 5.95 Å². The molecule has 2 heterocycles. The van der Waals surface area contributed by atoms with Gasteiger partial charge < -0.3 is 20.3 Å². The smallest absolute Gasteiger partial charge is 0.224 e. The Labute approximate surface area is 204 Å². The molecule has 0 saturated carbocycles. The Morgan fingerprint density at radius 3 is 2.63 bits per heavy atom. The van der Waals surface area contributed by atoms with Gasteiger partial charge in [0.15, 0.2) is 0 Å². The summed E-state index contributed by atoms with van der Waals surface area (Å²) in [4.78, 5) is 19.0. The molecule has 0 spiro atoms. The van der Waals surface area contributed by atoms with E-state index in [1.807, 2.05) is 49.5 Å². The fourth-order valence-corrected chi connectivity index (χ4v) is 4.28. The second-order valence-corrected chi connectivity index (χ2v) is 8.68. The highest BCUT2D eigenvalue weighted by molar-refractivity contribution is 5.95. The van der Waals surface area contributed by atoms with Gasteiger partial charge in [0.05, 0.1) is 24.0 Å². The van der Waals surface area contributed by atoms with Gasteiger partial charge in [0.1, 0.15) is 5.82 Å². The molecule has 0 amide bonds. The molecule has 3 aromatic carbocycles. The predicted octanol–water partition coefficient (Wildman–Crippen LogP) is 5.32. The monoisotopic (exact) mass is 464 g/mol. The molecule has 3 N–H and O–H groups in total. The SMILES string of the molecule is CC(Cc1cccc(CO)c1)Nc1nccc(N(C)c2cc(-c3ccccc3)c3nc[nH]c3c2)n1.